The van der Waals surface area contributed by atoms with Crippen LogP contribution in [-0.4, -0.2) is 16.9 Å². The molecule has 3 N–H and O–H groups in total. The van der Waals surface area contributed by atoms with E-state index in [1.165, 1.54) is 0 Å². The Kier molecular flexibility index (Phi) is 3.88. The molecule has 1 fully saturated rings. The van der Waals surface area contributed by atoms with Gasteiger partial charge in [0.05, 0.1) is 0 Å². The second-order valence-electron chi connectivity index (χ2n) is 3.89. The third-order valence-electron chi connectivity index (χ3n) is 2.90. The van der Waals surface area contributed by atoms with Crippen LogP contribution in [0.4, 0.5) is 0 Å². The lowest BCUT2D eigenvalue weighted by atomic mass is 9.96. The molecule has 0 spiro atoms. The largest absolute Gasteiger partial charge is 0.477 e. The number of Topliss-reactive ketones (excluding diaryl/α,β-unsaturated/α-hetero) is 1. The van der Waals surface area contributed by atoms with Crippen molar-refractivity contribution >= 4 is 11.8 Å². The molecule has 4 heteroatoms. The van der Waals surface area contributed by atoms with Gasteiger partial charge in [0.15, 0.2) is 5.78 Å². The van der Waals surface area contributed by atoms with Gasteiger partial charge in [-0.1, -0.05) is 19.8 Å². The zero-order valence-electron chi connectivity index (χ0n) is 8.95. The number of hydrogen-bond donors (Lipinski definition) is 2. The number of nitrogens with two attached hydrogens (primary N) is 1. The molecule has 4 nitrogen and oxygen atoms in total. The second-order valence-corrected chi connectivity index (χ2v) is 3.89. The highest BCUT2D eigenvalue weighted by Crippen LogP contribution is 2.30. The molecule has 1 rings (SSSR count). The molecule has 0 aromatic carbocycles. The number of carboxylic acids is 1. The van der Waals surface area contributed by atoms with Crippen LogP contribution >= 0.6 is 0 Å². The molecule has 1 saturated carbocycles. The molecule has 0 amide bonds. The standard InChI is InChI=1S/C11H17NO3/c1-2-8(13)9(11(14)15)10(12)7-5-3-4-6-7/h7H,2-6,12H2,1H3,(H,14,15). The summed E-state index contributed by atoms with van der Waals surface area (Å²) in [6, 6.07) is 0. The summed E-state index contributed by atoms with van der Waals surface area (Å²) in [7, 11) is 0. The molecule has 0 heterocycles. The molecule has 0 unspecified atom stereocenters. The molecule has 0 aromatic heterocycles. The Bertz CT molecular complexity index is 301. The van der Waals surface area contributed by atoms with E-state index in [1.54, 1.807) is 6.92 Å². The Morgan fingerprint density at radius 1 is 1.33 bits per heavy atom. The summed E-state index contributed by atoms with van der Waals surface area (Å²) < 4.78 is 0. The zero-order chi connectivity index (χ0) is 11.4. The predicted molar refractivity (Wildman–Crippen MR) is 56.1 cm³/mol. The van der Waals surface area contributed by atoms with Crippen LogP contribution in [0.5, 0.6) is 0 Å². The minimum atomic E-state index is -1.19. The first-order valence-electron chi connectivity index (χ1n) is 5.34. The monoisotopic (exact) mass is 211 g/mol. The molecule has 0 atom stereocenters. The van der Waals surface area contributed by atoms with Crippen LogP contribution in [0.1, 0.15) is 39.0 Å². The molecular formula is C11H17NO3. The van der Waals surface area contributed by atoms with Crippen molar-refractivity contribution in [3.8, 4) is 0 Å². The summed E-state index contributed by atoms with van der Waals surface area (Å²) in [6.45, 7) is 1.65. The van der Waals surface area contributed by atoms with E-state index in [-0.39, 0.29) is 29.4 Å². The third kappa shape index (κ3) is 2.58. The van der Waals surface area contributed by atoms with Crippen LogP contribution in [-0.2, 0) is 9.59 Å². The Morgan fingerprint density at radius 2 is 1.87 bits per heavy atom. The number of carbonyl (C=O) groups is 2. The lowest BCUT2D eigenvalue weighted by Crippen LogP contribution is -2.22. The van der Waals surface area contributed by atoms with Crippen molar-refractivity contribution in [2.24, 2.45) is 11.7 Å². The maximum absolute atomic E-state index is 11.4. The first kappa shape index (κ1) is 11.8. The van der Waals surface area contributed by atoms with Gasteiger partial charge in [0.25, 0.3) is 0 Å². The van der Waals surface area contributed by atoms with Crippen LogP contribution in [0.3, 0.4) is 0 Å². The smallest absolute Gasteiger partial charge is 0.341 e. The molecule has 0 aliphatic heterocycles. The Morgan fingerprint density at radius 3 is 2.27 bits per heavy atom. The van der Waals surface area contributed by atoms with E-state index in [1.807, 2.05) is 0 Å². The summed E-state index contributed by atoms with van der Waals surface area (Å²) in [6.07, 6.45) is 4.13. The highest BCUT2D eigenvalue weighted by Gasteiger charge is 2.26. The van der Waals surface area contributed by atoms with Gasteiger partial charge in [-0.15, -0.1) is 0 Å². The number of aliphatic carboxylic acids is 1. The Hall–Kier alpha value is -1.32. The lowest BCUT2D eigenvalue weighted by molar-refractivity contribution is -0.134. The SMILES string of the molecule is CCC(=O)C(C(=O)O)=C(N)C1CCCC1. The summed E-state index contributed by atoms with van der Waals surface area (Å²) in [5.74, 6) is -1.47. The number of rotatable bonds is 4. The highest BCUT2D eigenvalue weighted by molar-refractivity contribution is 6.17. The molecule has 0 aromatic rings. The normalized spacial score (nSPS) is 18.7. The van der Waals surface area contributed by atoms with Gasteiger partial charge in [-0.3, -0.25) is 4.79 Å². The molecule has 0 bridgehead atoms. The van der Waals surface area contributed by atoms with E-state index in [0.717, 1.165) is 25.7 Å². The average Bonchev–Trinajstić information content (AvgIpc) is 2.69. The Labute approximate surface area is 89.2 Å². The average molecular weight is 211 g/mol. The van der Waals surface area contributed by atoms with Crippen LogP contribution in [0.25, 0.3) is 0 Å². The molecular weight excluding hydrogens is 194 g/mol. The van der Waals surface area contributed by atoms with E-state index in [4.69, 9.17) is 10.8 Å². The summed E-state index contributed by atoms with van der Waals surface area (Å²) in [4.78, 5) is 22.4. The van der Waals surface area contributed by atoms with Crippen molar-refractivity contribution in [2.45, 2.75) is 39.0 Å². The van der Waals surface area contributed by atoms with Gasteiger partial charge in [-0.25, -0.2) is 4.79 Å². The van der Waals surface area contributed by atoms with Gasteiger partial charge in [-0.2, -0.15) is 0 Å². The van der Waals surface area contributed by atoms with Crippen molar-refractivity contribution in [3.63, 3.8) is 0 Å². The van der Waals surface area contributed by atoms with E-state index in [2.05, 4.69) is 0 Å². The van der Waals surface area contributed by atoms with Crippen molar-refractivity contribution in [1.29, 1.82) is 0 Å². The molecule has 0 saturated heterocycles. The maximum Gasteiger partial charge on any atom is 0.341 e. The highest BCUT2D eigenvalue weighted by atomic mass is 16.4. The van der Waals surface area contributed by atoms with Gasteiger partial charge in [0, 0.05) is 12.1 Å². The fourth-order valence-corrected chi connectivity index (χ4v) is 2.02. The van der Waals surface area contributed by atoms with Gasteiger partial charge >= 0.3 is 5.97 Å². The van der Waals surface area contributed by atoms with E-state index < -0.39 is 5.97 Å². The zero-order valence-corrected chi connectivity index (χ0v) is 8.95. The van der Waals surface area contributed by atoms with Gasteiger partial charge in [-0.05, 0) is 18.8 Å². The third-order valence-corrected chi connectivity index (χ3v) is 2.90. The number of carbonyl (C=O) groups excluding carboxylic acids is 1. The fraction of sp³-hybridized carbons (Fsp3) is 0.636. The van der Waals surface area contributed by atoms with E-state index >= 15 is 0 Å². The molecule has 15 heavy (non-hydrogen) atoms. The number of ketones is 1. The fourth-order valence-electron chi connectivity index (χ4n) is 2.02. The number of carboxylic acid groups (broad SMARTS) is 1. The maximum atomic E-state index is 11.4. The minimum absolute atomic E-state index is 0.0894. The van der Waals surface area contributed by atoms with Crippen LogP contribution in [0.15, 0.2) is 11.3 Å². The van der Waals surface area contributed by atoms with Crippen molar-refractivity contribution in [3.05, 3.63) is 11.3 Å². The van der Waals surface area contributed by atoms with Gasteiger partial charge < -0.3 is 10.8 Å². The summed E-state index contributed by atoms with van der Waals surface area (Å²) >= 11 is 0. The molecule has 1 aliphatic rings. The molecule has 0 radical (unpaired) electrons. The van der Waals surface area contributed by atoms with E-state index in [0.29, 0.717) is 0 Å². The van der Waals surface area contributed by atoms with Crippen molar-refractivity contribution in [2.75, 3.05) is 0 Å². The topological polar surface area (TPSA) is 80.4 Å². The molecule has 84 valence electrons. The number of hydrogen-bond acceptors (Lipinski definition) is 3. The van der Waals surface area contributed by atoms with Crippen LogP contribution < -0.4 is 5.73 Å². The Balaban J connectivity index is 2.97. The van der Waals surface area contributed by atoms with Crippen LogP contribution in [0, 0.1) is 5.92 Å². The van der Waals surface area contributed by atoms with E-state index in [9.17, 15) is 9.59 Å². The second kappa shape index (κ2) is 4.96. The van der Waals surface area contributed by atoms with Crippen LogP contribution in [0.2, 0.25) is 0 Å². The quantitative estimate of drug-likeness (QED) is 0.419. The van der Waals surface area contributed by atoms with Gasteiger partial charge in [0.2, 0.25) is 0 Å². The number of allylic oxidation sites excluding steroid dienone is 1. The lowest BCUT2D eigenvalue weighted by Gasteiger charge is -2.12. The predicted octanol–water partition coefficient (Wildman–Crippen LogP) is 1.45. The minimum Gasteiger partial charge on any atom is -0.477 e. The summed E-state index contributed by atoms with van der Waals surface area (Å²) in [5, 5.41) is 8.95. The first-order valence-corrected chi connectivity index (χ1v) is 5.34. The van der Waals surface area contributed by atoms with Crippen molar-refractivity contribution < 1.29 is 14.7 Å². The first-order chi connectivity index (χ1) is 7.07. The summed E-state index contributed by atoms with van der Waals surface area (Å²) in [5.41, 5.74) is 5.87. The van der Waals surface area contributed by atoms with Gasteiger partial charge in [0.1, 0.15) is 5.57 Å². The molecule has 1 aliphatic carbocycles. The van der Waals surface area contributed by atoms with Crippen molar-refractivity contribution in [1.82, 2.24) is 0 Å².